The van der Waals surface area contributed by atoms with E-state index < -0.39 is 5.60 Å². The number of hydrogen-bond acceptors (Lipinski definition) is 4. The molecule has 2 aliphatic heterocycles. The predicted molar refractivity (Wildman–Crippen MR) is 71.0 cm³/mol. The van der Waals surface area contributed by atoms with Crippen molar-refractivity contribution < 1.29 is 14.6 Å². The number of nitrogens with one attached hydrogen (secondary N) is 2. The second-order valence-corrected chi connectivity index (χ2v) is 5.30. The van der Waals surface area contributed by atoms with Crippen LogP contribution in [-0.4, -0.2) is 42.4 Å². The van der Waals surface area contributed by atoms with E-state index in [9.17, 15) is 9.90 Å². The van der Waals surface area contributed by atoms with Crippen LogP contribution in [0.4, 0.5) is 5.69 Å². The second-order valence-electron chi connectivity index (χ2n) is 5.30. The lowest BCUT2D eigenvalue weighted by atomic mass is 10.0. The van der Waals surface area contributed by atoms with Crippen LogP contribution in [0, 0.1) is 0 Å². The minimum Gasteiger partial charge on any atom is -0.386 e. The van der Waals surface area contributed by atoms with Gasteiger partial charge in [-0.3, -0.25) is 4.79 Å². The number of hydrogen-bond donors (Lipinski definition) is 3. The molecular formula is C14H18N2O3. The van der Waals surface area contributed by atoms with Gasteiger partial charge in [-0.2, -0.15) is 0 Å². The van der Waals surface area contributed by atoms with Crippen LogP contribution in [-0.2, 0) is 16.0 Å². The number of fused-ring (bicyclic) bond motifs is 1. The van der Waals surface area contributed by atoms with Crippen molar-refractivity contribution in [2.75, 3.05) is 25.1 Å². The number of carbonyl (C=O) groups excluding carboxylic acids is 1. The van der Waals surface area contributed by atoms with E-state index in [0.29, 0.717) is 26.1 Å². The first-order chi connectivity index (χ1) is 9.16. The van der Waals surface area contributed by atoms with Crippen molar-refractivity contribution in [1.29, 1.82) is 0 Å². The Morgan fingerprint density at radius 2 is 2.37 bits per heavy atom. The summed E-state index contributed by atoms with van der Waals surface area (Å²) < 4.78 is 5.15. The van der Waals surface area contributed by atoms with Gasteiger partial charge in [0.25, 0.3) is 0 Å². The van der Waals surface area contributed by atoms with E-state index in [2.05, 4.69) is 10.6 Å². The average molecular weight is 262 g/mol. The topological polar surface area (TPSA) is 70.6 Å². The molecule has 2 aliphatic rings. The predicted octanol–water partition coefficient (Wildman–Crippen LogP) is 0.291. The molecule has 2 heterocycles. The highest BCUT2D eigenvalue weighted by Crippen LogP contribution is 2.25. The fourth-order valence-electron chi connectivity index (χ4n) is 2.57. The molecule has 5 nitrogen and oxygen atoms in total. The molecule has 3 rings (SSSR count). The maximum absolute atomic E-state index is 12.1. The van der Waals surface area contributed by atoms with Gasteiger partial charge in [0, 0.05) is 31.7 Å². The normalized spacial score (nSPS) is 28.8. The van der Waals surface area contributed by atoms with Crippen LogP contribution in [0.25, 0.3) is 0 Å². The first-order valence-electron chi connectivity index (χ1n) is 6.59. The van der Waals surface area contributed by atoms with E-state index >= 15 is 0 Å². The Morgan fingerprint density at radius 3 is 3.11 bits per heavy atom. The van der Waals surface area contributed by atoms with Crippen LogP contribution in [0.1, 0.15) is 12.0 Å². The number of rotatable bonds is 3. The van der Waals surface area contributed by atoms with E-state index in [1.54, 1.807) is 0 Å². The second kappa shape index (κ2) is 4.83. The molecule has 0 radical (unpaired) electrons. The van der Waals surface area contributed by atoms with Gasteiger partial charge < -0.3 is 20.5 Å². The summed E-state index contributed by atoms with van der Waals surface area (Å²) in [5.41, 5.74) is 1.28. The van der Waals surface area contributed by atoms with Gasteiger partial charge in [-0.05, 0) is 11.6 Å². The van der Waals surface area contributed by atoms with Crippen LogP contribution in [0.15, 0.2) is 24.3 Å². The van der Waals surface area contributed by atoms with Crippen molar-refractivity contribution in [2.45, 2.75) is 24.5 Å². The zero-order chi connectivity index (χ0) is 13.3. The lowest BCUT2D eigenvalue weighted by Gasteiger charge is -2.22. The minimum absolute atomic E-state index is 0.0727. The van der Waals surface area contributed by atoms with Gasteiger partial charge in [0.05, 0.1) is 6.61 Å². The van der Waals surface area contributed by atoms with Crippen LogP contribution in [0.5, 0.6) is 0 Å². The van der Waals surface area contributed by atoms with Crippen LogP contribution < -0.4 is 10.6 Å². The summed E-state index contributed by atoms with van der Waals surface area (Å²) in [5, 5.41) is 16.1. The zero-order valence-electron chi connectivity index (χ0n) is 10.7. The zero-order valence-corrected chi connectivity index (χ0v) is 10.7. The molecule has 0 bridgehead atoms. The monoisotopic (exact) mass is 262 g/mol. The number of carbonyl (C=O) groups is 1. The summed E-state index contributed by atoms with van der Waals surface area (Å²) >= 11 is 0. The molecular weight excluding hydrogens is 244 g/mol. The third-order valence-corrected chi connectivity index (χ3v) is 3.76. The Morgan fingerprint density at radius 1 is 1.53 bits per heavy atom. The van der Waals surface area contributed by atoms with Crippen LogP contribution in [0.3, 0.4) is 0 Å². The minimum atomic E-state index is -0.902. The molecule has 1 saturated heterocycles. The number of para-hydroxylation sites is 1. The van der Waals surface area contributed by atoms with E-state index in [1.165, 1.54) is 0 Å². The fraction of sp³-hybridized carbons (Fsp3) is 0.500. The van der Waals surface area contributed by atoms with E-state index in [4.69, 9.17) is 4.74 Å². The Bertz CT molecular complexity index is 458. The highest BCUT2D eigenvalue weighted by Gasteiger charge is 2.34. The number of anilines is 1. The highest BCUT2D eigenvalue weighted by molar-refractivity contribution is 5.87. The van der Waals surface area contributed by atoms with Gasteiger partial charge in [-0.25, -0.2) is 0 Å². The van der Waals surface area contributed by atoms with Crippen molar-refractivity contribution in [1.82, 2.24) is 5.32 Å². The molecule has 0 aliphatic carbocycles. The van der Waals surface area contributed by atoms with Crippen molar-refractivity contribution >= 4 is 11.6 Å². The summed E-state index contributed by atoms with van der Waals surface area (Å²) in [6, 6.07) is 7.67. The molecule has 1 aromatic rings. The first-order valence-corrected chi connectivity index (χ1v) is 6.59. The Balaban J connectivity index is 1.55. The van der Waals surface area contributed by atoms with Crippen molar-refractivity contribution in [3.63, 3.8) is 0 Å². The SMILES string of the molecule is O=C(NCC1(O)CCOC1)C1Cc2ccccc2N1. The molecule has 1 aromatic carbocycles. The maximum atomic E-state index is 12.1. The smallest absolute Gasteiger partial charge is 0.242 e. The summed E-state index contributed by atoms with van der Waals surface area (Å²) in [6.07, 6.45) is 1.27. The lowest BCUT2D eigenvalue weighted by molar-refractivity contribution is -0.123. The summed E-state index contributed by atoms with van der Waals surface area (Å²) in [7, 11) is 0. The molecule has 1 fully saturated rings. The van der Waals surface area contributed by atoms with Gasteiger partial charge in [0.15, 0.2) is 0 Å². The summed E-state index contributed by atoms with van der Waals surface area (Å²) in [5.74, 6) is -0.0727. The molecule has 1 amide bonds. The molecule has 0 aromatic heterocycles. The molecule has 0 spiro atoms. The highest BCUT2D eigenvalue weighted by atomic mass is 16.5. The molecule has 5 heteroatoms. The third-order valence-electron chi connectivity index (χ3n) is 3.76. The van der Waals surface area contributed by atoms with Gasteiger partial charge in [-0.1, -0.05) is 18.2 Å². The van der Waals surface area contributed by atoms with E-state index in [1.807, 2.05) is 24.3 Å². The van der Waals surface area contributed by atoms with Gasteiger partial charge in [0.1, 0.15) is 11.6 Å². The standard InChI is InChI=1S/C14H18N2O3/c17-13(15-8-14(18)5-6-19-9-14)12-7-10-3-1-2-4-11(10)16-12/h1-4,12,16,18H,5-9H2,(H,15,17). The van der Waals surface area contributed by atoms with E-state index in [0.717, 1.165) is 11.3 Å². The maximum Gasteiger partial charge on any atom is 0.242 e. The number of benzene rings is 1. The summed E-state index contributed by atoms with van der Waals surface area (Å²) in [6.45, 7) is 1.10. The molecule has 102 valence electrons. The molecule has 0 saturated carbocycles. The number of aliphatic hydroxyl groups is 1. The summed E-state index contributed by atoms with van der Waals surface area (Å²) in [4.78, 5) is 12.1. The van der Waals surface area contributed by atoms with Gasteiger partial charge in [0.2, 0.25) is 5.91 Å². The molecule has 2 unspecified atom stereocenters. The quantitative estimate of drug-likeness (QED) is 0.732. The van der Waals surface area contributed by atoms with Crippen molar-refractivity contribution in [3.05, 3.63) is 29.8 Å². The Hall–Kier alpha value is -1.59. The third kappa shape index (κ3) is 2.57. The Labute approximate surface area is 112 Å². The van der Waals surface area contributed by atoms with Crippen molar-refractivity contribution in [3.8, 4) is 0 Å². The first kappa shape index (κ1) is 12.4. The number of amides is 1. The number of ether oxygens (including phenoxy) is 1. The van der Waals surface area contributed by atoms with Gasteiger partial charge in [-0.15, -0.1) is 0 Å². The molecule has 19 heavy (non-hydrogen) atoms. The fourth-order valence-corrected chi connectivity index (χ4v) is 2.57. The van der Waals surface area contributed by atoms with Crippen LogP contribution >= 0.6 is 0 Å². The van der Waals surface area contributed by atoms with E-state index in [-0.39, 0.29) is 18.5 Å². The molecule has 2 atom stereocenters. The van der Waals surface area contributed by atoms with Crippen LogP contribution in [0.2, 0.25) is 0 Å². The van der Waals surface area contributed by atoms with Gasteiger partial charge >= 0.3 is 0 Å². The average Bonchev–Trinajstić information content (AvgIpc) is 3.02. The Kier molecular flexibility index (Phi) is 3.16. The molecule has 3 N–H and O–H groups in total. The lowest BCUT2D eigenvalue weighted by Crippen LogP contribution is -2.47. The van der Waals surface area contributed by atoms with Crippen molar-refractivity contribution in [2.24, 2.45) is 0 Å². The largest absolute Gasteiger partial charge is 0.386 e.